The predicted octanol–water partition coefficient (Wildman–Crippen LogP) is 2.77. The lowest BCUT2D eigenvalue weighted by molar-refractivity contribution is 0.403. The summed E-state index contributed by atoms with van der Waals surface area (Å²) < 4.78 is 5.31. The van der Waals surface area contributed by atoms with Gasteiger partial charge in [-0.15, -0.1) is 0 Å². The standard InChI is InChI=1S/C11H14ClNO/c1-14-10-6-2-4-8(12)11(10)9-5-3-7-13-9/h2,4,6,9,13H,3,5,7H2,1H3/t9-/m0/s1. The van der Waals surface area contributed by atoms with Gasteiger partial charge in [0, 0.05) is 16.6 Å². The Hall–Kier alpha value is -0.730. The van der Waals surface area contributed by atoms with Crippen molar-refractivity contribution >= 4 is 11.6 Å². The van der Waals surface area contributed by atoms with E-state index in [0.29, 0.717) is 6.04 Å². The molecule has 1 heterocycles. The van der Waals surface area contributed by atoms with Crippen molar-refractivity contribution in [1.82, 2.24) is 5.32 Å². The SMILES string of the molecule is COc1cccc(Cl)c1[C@@H]1CCCN1. The second kappa shape index (κ2) is 4.20. The summed E-state index contributed by atoms with van der Waals surface area (Å²) in [6, 6.07) is 6.15. The molecule has 1 saturated heterocycles. The molecule has 0 amide bonds. The van der Waals surface area contributed by atoms with Gasteiger partial charge in [-0.25, -0.2) is 0 Å². The maximum absolute atomic E-state index is 6.17. The summed E-state index contributed by atoms with van der Waals surface area (Å²) >= 11 is 6.17. The van der Waals surface area contributed by atoms with E-state index in [1.165, 1.54) is 6.42 Å². The molecule has 0 saturated carbocycles. The third-order valence-electron chi connectivity index (χ3n) is 2.64. The van der Waals surface area contributed by atoms with Gasteiger partial charge in [-0.05, 0) is 31.5 Å². The van der Waals surface area contributed by atoms with Crippen molar-refractivity contribution < 1.29 is 4.74 Å². The zero-order valence-corrected chi connectivity index (χ0v) is 8.97. The fourth-order valence-electron chi connectivity index (χ4n) is 1.96. The Labute approximate surface area is 89.2 Å². The molecule has 0 unspecified atom stereocenters. The molecule has 1 aromatic carbocycles. The molecule has 1 aliphatic rings. The van der Waals surface area contributed by atoms with Crippen LogP contribution in [0.2, 0.25) is 5.02 Å². The molecule has 76 valence electrons. The zero-order chi connectivity index (χ0) is 9.97. The Morgan fingerprint density at radius 1 is 1.50 bits per heavy atom. The van der Waals surface area contributed by atoms with E-state index in [4.69, 9.17) is 16.3 Å². The second-order valence-electron chi connectivity index (χ2n) is 3.50. The van der Waals surface area contributed by atoms with Crippen molar-refractivity contribution in [1.29, 1.82) is 0 Å². The Morgan fingerprint density at radius 2 is 2.36 bits per heavy atom. The lowest BCUT2D eigenvalue weighted by Crippen LogP contribution is -2.14. The highest BCUT2D eigenvalue weighted by molar-refractivity contribution is 6.31. The van der Waals surface area contributed by atoms with Crippen LogP contribution in [0.1, 0.15) is 24.4 Å². The highest BCUT2D eigenvalue weighted by Gasteiger charge is 2.22. The lowest BCUT2D eigenvalue weighted by atomic mass is 10.0. The highest BCUT2D eigenvalue weighted by atomic mass is 35.5. The topological polar surface area (TPSA) is 21.3 Å². The van der Waals surface area contributed by atoms with Crippen LogP contribution in [0.4, 0.5) is 0 Å². The summed E-state index contributed by atoms with van der Waals surface area (Å²) in [7, 11) is 1.68. The molecule has 0 spiro atoms. The summed E-state index contributed by atoms with van der Waals surface area (Å²) in [6.07, 6.45) is 2.35. The van der Waals surface area contributed by atoms with Crippen molar-refractivity contribution in [2.45, 2.75) is 18.9 Å². The number of benzene rings is 1. The van der Waals surface area contributed by atoms with Crippen LogP contribution in [0.5, 0.6) is 5.75 Å². The molecule has 14 heavy (non-hydrogen) atoms. The number of rotatable bonds is 2. The van der Waals surface area contributed by atoms with E-state index in [-0.39, 0.29) is 0 Å². The summed E-state index contributed by atoms with van der Waals surface area (Å²) in [5, 5.41) is 4.22. The fourth-order valence-corrected chi connectivity index (χ4v) is 2.26. The highest BCUT2D eigenvalue weighted by Crippen LogP contribution is 2.35. The number of methoxy groups -OCH3 is 1. The van der Waals surface area contributed by atoms with Gasteiger partial charge >= 0.3 is 0 Å². The summed E-state index contributed by atoms with van der Waals surface area (Å²) in [5.74, 6) is 0.886. The van der Waals surface area contributed by atoms with E-state index in [0.717, 1.165) is 29.3 Å². The van der Waals surface area contributed by atoms with Crippen LogP contribution in [0, 0.1) is 0 Å². The minimum Gasteiger partial charge on any atom is -0.496 e. The van der Waals surface area contributed by atoms with Gasteiger partial charge in [-0.3, -0.25) is 0 Å². The monoisotopic (exact) mass is 211 g/mol. The van der Waals surface area contributed by atoms with E-state index < -0.39 is 0 Å². The van der Waals surface area contributed by atoms with Crippen LogP contribution in [0.3, 0.4) is 0 Å². The summed E-state index contributed by atoms with van der Waals surface area (Å²) in [4.78, 5) is 0. The molecule has 1 fully saturated rings. The van der Waals surface area contributed by atoms with Crippen molar-refractivity contribution in [2.24, 2.45) is 0 Å². The Balaban J connectivity index is 2.37. The van der Waals surface area contributed by atoms with Crippen molar-refractivity contribution in [3.63, 3.8) is 0 Å². The van der Waals surface area contributed by atoms with Gasteiger partial charge in [0.05, 0.1) is 7.11 Å². The first kappa shape index (κ1) is 9.81. The van der Waals surface area contributed by atoms with E-state index in [9.17, 15) is 0 Å². The first-order valence-corrected chi connectivity index (χ1v) is 5.26. The summed E-state index contributed by atoms with van der Waals surface area (Å²) in [5.41, 5.74) is 1.11. The van der Waals surface area contributed by atoms with Gasteiger partial charge < -0.3 is 10.1 Å². The van der Waals surface area contributed by atoms with E-state index >= 15 is 0 Å². The molecule has 1 aliphatic heterocycles. The molecule has 3 heteroatoms. The first-order valence-electron chi connectivity index (χ1n) is 4.88. The van der Waals surface area contributed by atoms with Crippen LogP contribution in [0.25, 0.3) is 0 Å². The van der Waals surface area contributed by atoms with Crippen molar-refractivity contribution in [3.8, 4) is 5.75 Å². The smallest absolute Gasteiger partial charge is 0.125 e. The van der Waals surface area contributed by atoms with Gasteiger partial charge in [-0.1, -0.05) is 17.7 Å². The Kier molecular flexibility index (Phi) is 2.94. The molecule has 1 aromatic rings. The van der Waals surface area contributed by atoms with Crippen molar-refractivity contribution in [2.75, 3.05) is 13.7 Å². The third-order valence-corrected chi connectivity index (χ3v) is 2.97. The van der Waals surface area contributed by atoms with E-state index in [2.05, 4.69) is 5.32 Å². The molecule has 0 aliphatic carbocycles. The second-order valence-corrected chi connectivity index (χ2v) is 3.91. The van der Waals surface area contributed by atoms with Gasteiger partial charge in [0.2, 0.25) is 0 Å². The number of halogens is 1. The van der Waals surface area contributed by atoms with Gasteiger partial charge in [0.1, 0.15) is 5.75 Å². The number of hydrogen-bond donors (Lipinski definition) is 1. The molecule has 1 N–H and O–H groups in total. The normalized spacial score (nSPS) is 21.1. The largest absolute Gasteiger partial charge is 0.496 e. The molecule has 1 atom stereocenters. The Morgan fingerprint density at radius 3 is 3.00 bits per heavy atom. The number of ether oxygens (including phenoxy) is 1. The number of hydrogen-bond acceptors (Lipinski definition) is 2. The maximum Gasteiger partial charge on any atom is 0.125 e. The molecule has 0 aromatic heterocycles. The molecule has 0 bridgehead atoms. The third kappa shape index (κ3) is 1.72. The average molecular weight is 212 g/mol. The minimum atomic E-state index is 0.360. The fraction of sp³-hybridized carbons (Fsp3) is 0.455. The average Bonchev–Trinajstić information content (AvgIpc) is 2.70. The van der Waals surface area contributed by atoms with E-state index in [1.54, 1.807) is 7.11 Å². The lowest BCUT2D eigenvalue weighted by Gasteiger charge is -2.16. The van der Waals surface area contributed by atoms with E-state index in [1.807, 2.05) is 18.2 Å². The maximum atomic E-state index is 6.17. The molecule has 2 nitrogen and oxygen atoms in total. The first-order chi connectivity index (χ1) is 6.83. The summed E-state index contributed by atoms with van der Waals surface area (Å²) in [6.45, 7) is 1.07. The molecular weight excluding hydrogens is 198 g/mol. The quantitative estimate of drug-likeness (QED) is 0.813. The Bertz CT molecular complexity index is 321. The van der Waals surface area contributed by atoms with Crippen LogP contribution in [0.15, 0.2) is 18.2 Å². The van der Waals surface area contributed by atoms with Crippen LogP contribution >= 0.6 is 11.6 Å². The molecule has 2 rings (SSSR count). The van der Waals surface area contributed by atoms with Gasteiger partial charge in [0.15, 0.2) is 0 Å². The van der Waals surface area contributed by atoms with Gasteiger partial charge in [0.25, 0.3) is 0 Å². The molecular formula is C11H14ClNO. The predicted molar refractivity (Wildman–Crippen MR) is 58.0 cm³/mol. The zero-order valence-electron chi connectivity index (χ0n) is 8.22. The van der Waals surface area contributed by atoms with Crippen molar-refractivity contribution in [3.05, 3.63) is 28.8 Å². The van der Waals surface area contributed by atoms with Gasteiger partial charge in [-0.2, -0.15) is 0 Å². The van der Waals surface area contributed by atoms with Crippen LogP contribution in [-0.4, -0.2) is 13.7 Å². The van der Waals surface area contributed by atoms with Crippen LogP contribution in [-0.2, 0) is 0 Å². The molecule has 0 radical (unpaired) electrons. The van der Waals surface area contributed by atoms with Crippen LogP contribution < -0.4 is 10.1 Å². The minimum absolute atomic E-state index is 0.360. The number of nitrogens with one attached hydrogen (secondary N) is 1.